The van der Waals surface area contributed by atoms with Gasteiger partial charge in [-0.25, -0.2) is 0 Å². The van der Waals surface area contributed by atoms with E-state index in [0.29, 0.717) is 5.56 Å². The Labute approximate surface area is 128 Å². The highest BCUT2D eigenvalue weighted by molar-refractivity contribution is 8.15. The summed E-state index contributed by atoms with van der Waals surface area (Å²) in [6, 6.07) is 5.82. The van der Waals surface area contributed by atoms with E-state index in [1.165, 1.54) is 24.4 Å². The molecule has 0 radical (unpaired) electrons. The number of nitro groups is 1. The summed E-state index contributed by atoms with van der Waals surface area (Å²) < 4.78 is 0. The molecule has 0 spiro atoms. The average molecular weight is 322 g/mol. The first-order valence-electron chi connectivity index (χ1n) is 6.00. The van der Waals surface area contributed by atoms with Gasteiger partial charge in [0.15, 0.2) is 5.17 Å². The molecule has 10 heteroatoms. The Balaban J connectivity index is 2.03. The normalized spacial score (nSPS) is 19.5. The number of nitro benzene ring substituents is 1. The van der Waals surface area contributed by atoms with Crippen molar-refractivity contribution in [3.05, 3.63) is 39.9 Å². The molecule has 9 nitrogen and oxygen atoms in total. The summed E-state index contributed by atoms with van der Waals surface area (Å²) in [4.78, 5) is 32.2. The summed E-state index contributed by atoms with van der Waals surface area (Å²) >= 11 is 0.977. The first kappa shape index (κ1) is 15.6. The van der Waals surface area contributed by atoms with Crippen LogP contribution in [0.3, 0.4) is 0 Å². The lowest BCUT2D eigenvalue weighted by atomic mass is 10.2. The molecule has 0 bridgehead atoms. The third-order valence-corrected chi connectivity index (χ3v) is 3.65. The van der Waals surface area contributed by atoms with Crippen molar-refractivity contribution in [2.75, 3.05) is 0 Å². The molecule has 2 rings (SSSR count). The van der Waals surface area contributed by atoms with Crippen LogP contribution in [0.15, 0.2) is 34.5 Å². The molecule has 22 heavy (non-hydrogen) atoms. The van der Waals surface area contributed by atoms with Crippen molar-refractivity contribution in [1.82, 2.24) is 5.32 Å². The average Bonchev–Trinajstić information content (AvgIpc) is 2.78. The zero-order valence-electron chi connectivity index (χ0n) is 11.0. The Hall–Kier alpha value is -2.75. The Kier molecular flexibility index (Phi) is 4.84. The lowest BCUT2D eigenvalue weighted by Gasteiger charge is -1.97. The van der Waals surface area contributed by atoms with Gasteiger partial charge in [0.25, 0.3) is 5.69 Å². The molecule has 0 aliphatic carbocycles. The summed E-state index contributed by atoms with van der Waals surface area (Å²) in [6.07, 6.45) is 1.00. The number of thioether (sulfide) groups is 1. The van der Waals surface area contributed by atoms with Gasteiger partial charge in [0, 0.05) is 17.7 Å². The topological polar surface area (TPSA) is 134 Å². The zero-order chi connectivity index (χ0) is 16.1. The predicted molar refractivity (Wildman–Crippen MR) is 79.9 cm³/mol. The molecule has 0 saturated carbocycles. The number of hydrogen-bond acceptors (Lipinski definition) is 7. The number of non-ortho nitro benzene ring substituents is 1. The van der Waals surface area contributed by atoms with E-state index in [1.807, 2.05) is 0 Å². The molecule has 0 aromatic heterocycles. The monoisotopic (exact) mass is 322 g/mol. The number of carbonyl (C=O) groups excluding carboxylic acids is 1. The fourth-order valence-corrected chi connectivity index (χ4v) is 2.53. The van der Waals surface area contributed by atoms with E-state index in [2.05, 4.69) is 15.5 Å². The highest BCUT2D eigenvalue weighted by Crippen LogP contribution is 2.22. The maximum Gasteiger partial charge on any atom is 0.305 e. The maximum atomic E-state index is 11.5. The highest BCUT2D eigenvalue weighted by atomic mass is 32.2. The summed E-state index contributed by atoms with van der Waals surface area (Å²) in [6.45, 7) is 0. The summed E-state index contributed by atoms with van der Waals surface area (Å²) in [5, 5.41) is 28.6. The molecular formula is C12H10N4O5S. The van der Waals surface area contributed by atoms with Crippen molar-refractivity contribution >= 4 is 40.7 Å². The van der Waals surface area contributed by atoms with E-state index >= 15 is 0 Å². The number of amides is 1. The molecule has 1 aliphatic rings. The van der Waals surface area contributed by atoms with Crippen LogP contribution in [0.2, 0.25) is 0 Å². The van der Waals surface area contributed by atoms with Gasteiger partial charge >= 0.3 is 5.97 Å². The number of amidine groups is 1. The van der Waals surface area contributed by atoms with Crippen molar-refractivity contribution in [2.45, 2.75) is 11.7 Å². The first-order chi connectivity index (χ1) is 10.5. The van der Waals surface area contributed by atoms with Gasteiger partial charge in [0.1, 0.15) is 5.25 Å². The molecule has 1 amide bonds. The summed E-state index contributed by atoms with van der Waals surface area (Å²) in [5.74, 6) is -1.51. The van der Waals surface area contributed by atoms with Crippen LogP contribution in [0.5, 0.6) is 0 Å². The van der Waals surface area contributed by atoms with Crippen LogP contribution in [-0.4, -0.2) is 38.5 Å². The van der Waals surface area contributed by atoms with Crippen molar-refractivity contribution in [1.29, 1.82) is 0 Å². The highest BCUT2D eigenvalue weighted by Gasteiger charge is 2.32. The van der Waals surface area contributed by atoms with Gasteiger partial charge in [0.2, 0.25) is 5.91 Å². The van der Waals surface area contributed by atoms with Gasteiger partial charge < -0.3 is 10.4 Å². The van der Waals surface area contributed by atoms with Crippen LogP contribution < -0.4 is 5.32 Å². The number of nitrogens with zero attached hydrogens (tertiary/aromatic N) is 3. The van der Waals surface area contributed by atoms with Crippen LogP contribution in [0, 0.1) is 10.1 Å². The minimum atomic E-state index is -1.08. The number of aliphatic carboxylic acids is 1. The maximum absolute atomic E-state index is 11.5. The van der Waals surface area contributed by atoms with Gasteiger partial charge in [-0.3, -0.25) is 19.7 Å². The second-order valence-electron chi connectivity index (χ2n) is 4.20. The lowest BCUT2D eigenvalue weighted by molar-refractivity contribution is -0.384. The quantitative estimate of drug-likeness (QED) is 0.471. The van der Waals surface area contributed by atoms with Gasteiger partial charge in [0.05, 0.1) is 17.6 Å². The van der Waals surface area contributed by atoms with Gasteiger partial charge in [-0.05, 0) is 0 Å². The molecule has 1 atom stereocenters. The van der Waals surface area contributed by atoms with E-state index in [9.17, 15) is 19.7 Å². The number of rotatable bonds is 5. The van der Waals surface area contributed by atoms with Gasteiger partial charge in [-0.2, -0.15) is 5.10 Å². The van der Waals surface area contributed by atoms with E-state index in [1.54, 1.807) is 6.07 Å². The van der Waals surface area contributed by atoms with Crippen molar-refractivity contribution < 1.29 is 19.6 Å². The standard InChI is InChI=1S/C12H10N4O5S/c17-10(18)5-9-11(19)14-12(22-9)15-13-6-7-2-1-3-8(4-7)16(20)21/h1-4,6,9H,5H2,(H,17,18)(H,14,15,19)/b13-6+. The van der Waals surface area contributed by atoms with Crippen molar-refractivity contribution in [3.63, 3.8) is 0 Å². The van der Waals surface area contributed by atoms with Gasteiger partial charge in [-0.1, -0.05) is 23.9 Å². The van der Waals surface area contributed by atoms with Crippen LogP contribution in [-0.2, 0) is 9.59 Å². The first-order valence-corrected chi connectivity index (χ1v) is 6.88. The molecule has 2 N–H and O–H groups in total. The lowest BCUT2D eigenvalue weighted by Crippen LogP contribution is -2.26. The molecule has 1 aromatic rings. The number of carboxylic acid groups (broad SMARTS) is 1. The van der Waals surface area contributed by atoms with Crippen LogP contribution >= 0.6 is 11.8 Å². The number of nitrogens with one attached hydrogen (secondary N) is 1. The molecular weight excluding hydrogens is 312 g/mol. The molecule has 1 aromatic carbocycles. The SMILES string of the molecule is O=C(O)CC1S/C(=N\N=C\c2cccc([N+](=O)[O-])c2)NC1=O. The Bertz CT molecular complexity index is 688. The summed E-state index contributed by atoms with van der Waals surface area (Å²) in [7, 11) is 0. The number of carbonyl (C=O) groups is 2. The second kappa shape index (κ2) is 6.80. The molecule has 1 saturated heterocycles. The van der Waals surface area contributed by atoms with Gasteiger partial charge in [-0.15, -0.1) is 5.10 Å². The third kappa shape index (κ3) is 4.12. The zero-order valence-corrected chi connectivity index (χ0v) is 11.8. The largest absolute Gasteiger partial charge is 0.481 e. The number of hydrogen-bond donors (Lipinski definition) is 2. The third-order valence-electron chi connectivity index (χ3n) is 2.57. The minimum absolute atomic E-state index is 0.0679. The Morgan fingerprint density at radius 3 is 3.00 bits per heavy atom. The fourth-order valence-electron chi connectivity index (χ4n) is 1.61. The number of benzene rings is 1. The fraction of sp³-hybridized carbons (Fsp3) is 0.167. The Morgan fingerprint density at radius 2 is 2.32 bits per heavy atom. The molecule has 114 valence electrons. The summed E-state index contributed by atoms with van der Waals surface area (Å²) in [5.41, 5.74) is 0.414. The smallest absolute Gasteiger partial charge is 0.305 e. The van der Waals surface area contributed by atoms with E-state index in [0.717, 1.165) is 11.8 Å². The van der Waals surface area contributed by atoms with Crippen molar-refractivity contribution in [2.24, 2.45) is 10.2 Å². The second-order valence-corrected chi connectivity index (χ2v) is 5.39. The Morgan fingerprint density at radius 1 is 1.55 bits per heavy atom. The van der Waals surface area contributed by atoms with E-state index in [4.69, 9.17) is 5.11 Å². The molecule has 1 unspecified atom stereocenters. The molecule has 1 fully saturated rings. The van der Waals surface area contributed by atoms with Crippen molar-refractivity contribution in [3.8, 4) is 0 Å². The van der Waals surface area contributed by atoms with E-state index < -0.39 is 22.0 Å². The molecule has 1 aliphatic heterocycles. The van der Waals surface area contributed by atoms with E-state index in [-0.39, 0.29) is 17.3 Å². The minimum Gasteiger partial charge on any atom is -0.481 e. The molecule has 1 heterocycles. The predicted octanol–water partition coefficient (Wildman–Crippen LogP) is 0.991. The van der Waals surface area contributed by atoms with Crippen LogP contribution in [0.25, 0.3) is 0 Å². The number of carboxylic acids is 1. The van der Waals surface area contributed by atoms with Crippen LogP contribution in [0.4, 0.5) is 5.69 Å². The van der Waals surface area contributed by atoms with Crippen LogP contribution in [0.1, 0.15) is 12.0 Å².